The Kier molecular flexibility index (Phi) is 6.20. The first-order valence-corrected chi connectivity index (χ1v) is 9.88. The van der Waals surface area contributed by atoms with Gasteiger partial charge in [0, 0.05) is 19.3 Å². The van der Waals surface area contributed by atoms with Crippen LogP contribution in [-0.4, -0.2) is 24.8 Å². The van der Waals surface area contributed by atoms with Crippen molar-refractivity contribution in [1.29, 1.82) is 0 Å². The lowest BCUT2D eigenvalue weighted by Crippen LogP contribution is -2.42. The molecule has 1 amide bonds. The fraction of sp³-hybridized carbons (Fsp3) is 0.333. The number of carbonyl (C=O) groups excluding carboxylic acids is 1. The van der Waals surface area contributed by atoms with Gasteiger partial charge in [-0.05, 0) is 25.8 Å². The molecule has 9 heteroatoms. The van der Waals surface area contributed by atoms with Crippen LogP contribution in [0.5, 0.6) is 0 Å². The third kappa shape index (κ3) is 4.19. The molecule has 0 aliphatic carbocycles. The predicted molar refractivity (Wildman–Crippen MR) is 116 cm³/mol. The molecule has 0 saturated heterocycles. The average Bonchev–Trinajstić information content (AvgIpc) is 3.17. The van der Waals surface area contributed by atoms with Gasteiger partial charge in [-0.3, -0.25) is 23.4 Å². The Bertz CT molecular complexity index is 1190. The molecule has 1 aromatic carbocycles. The number of nitrogens with one attached hydrogen (secondary N) is 1. The van der Waals surface area contributed by atoms with Crippen LogP contribution in [0, 0.1) is 6.92 Å². The monoisotopic (exact) mass is 410 g/mol. The van der Waals surface area contributed by atoms with Crippen molar-refractivity contribution in [3.05, 3.63) is 74.2 Å². The summed E-state index contributed by atoms with van der Waals surface area (Å²) in [6, 6.07) is 8.01. The summed E-state index contributed by atoms with van der Waals surface area (Å²) in [6.07, 6.45) is 3.64. The second kappa shape index (κ2) is 8.81. The Balaban J connectivity index is 1.88. The second-order valence-corrected chi connectivity index (χ2v) is 7.11. The van der Waals surface area contributed by atoms with Gasteiger partial charge in [-0.15, -0.1) is 0 Å². The highest BCUT2D eigenvalue weighted by Gasteiger charge is 2.19. The Labute approximate surface area is 173 Å². The van der Waals surface area contributed by atoms with E-state index in [2.05, 4.69) is 10.4 Å². The number of rotatable bonds is 7. The lowest BCUT2D eigenvalue weighted by molar-refractivity contribution is 0.102. The SMILES string of the molecule is CCCn1c(=O)c(NC(=O)c2cnn(Cc3cccc(C)c3)c2)c(N)n(CC)c1=O. The Hall–Kier alpha value is -3.62. The summed E-state index contributed by atoms with van der Waals surface area (Å²) in [4.78, 5) is 37.9. The fourth-order valence-corrected chi connectivity index (χ4v) is 3.31. The lowest BCUT2D eigenvalue weighted by Gasteiger charge is -2.15. The third-order valence-electron chi connectivity index (χ3n) is 4.79. The van der Waals surface area contributed by atoms with Crippen LogP contribution in [0.15, 0.2) is 46.2 Å². The zero-order chi connectivity index (χ0) is 21.8. The molecule has 0 saturated carbocycles. The molecule has 0 unspecified atom stereocenters. The molecule has 30 heavy (non-hydrogen) atoms. The topological polar surface area (TPSA) is 117 Å². The van der Waals surface area contributed by atoms with E-state index in [1.165, 1.54) is 10.8 Å². The molecule has 0 radical (unpaired) electrons. The standard InChI is InChI=1S/C21H26N6O3/c1-4-9-27-20(29)17(18(22)26(5-2)21(27)30)24-19(28)16-11-23-25(13-16)12-15-8-6-7-14(3)10-15/h6-8,10-11,13H,4-5,9,12,22H2,1-3H3,(H,24,28). The summed E-state index contributed by atoms with van der Waals surface area (Å²) in [5.41, 5.74) is 7.33. The minimum absolute atomic E-state index is 0.0552. The maximum Gasteiger partial charge on any atom is 0.332 e. The third-order valence-corrected chi connectivity index (χ3v) is 4.79. The van der Waals surface area contributed by atoms with Crippen molar-refractivity contribution in [2.24, 2.45) is 0 Å². The highest BCUT2D eigenvalue weighted by molar-refractivity contribution is 6.05. The number of hydrogen-bond acceptors (Lipinski definition) is 5. The Morgan fingerprint density at radius 2 is 1.97 bits per heavy atom. The molecule has 2 aromatic heterocycles. The fourth-order valence-electron chi connectivity index (χ4n) is 3.31. The van der Waals surface area contributed by atoms with E-state index in [4.69, 9.17) is 5.73 Å². The molecule has 9 nitrogen and oxygen atoms in total. The number of benzene rings is 1. The van der Waals surface area contributed by atoms with Crippen molar-refractivity contribution in [2.45, 2.75) is 46.8 Å². The normalized spacial score (nSPS) is 10.9. The largest absolute Gasteiger partial charge is 0.383 e. The molecule has 0 spiro atoms. The van der Waals surface area contributed by atoms with E-state index in [1.54, 1.807) is 17.8 Å². The number of anilines is 2. The maximum atomic E-state index is 12.7. The highest BCUT2D eigenvalue weighted by Crippen LogP contribution is 2.13. The van der Waals surface area contributed by atoms with Crippen LogP contribution in [0.3, 0.4) is 0 Å². The van der Waals surface area contributed by atoms with Gasteiger partial charge in [0.05, 0.1) is 18.3 Å². The summed E-state index contributed by atoms with van der Waals surface area (Å²) in [5.74, 6) is -0.570. The van der Waals surface area contributed by atoms with Gasteiger partial charge < -0.3 is 11.1 Å². The summed E-state index contributed by atoms with van der Waals surface area (Å²) < 4.78 is 4.01. The quantitative estimate of drug-likeness (QED) is 0.616. The first-order valence-electron chi connectivity index (χ1n) is 9.88. The predicted octanol–water partition coefficient (Wildman–Crippen LogP) is 1.83. The van der Waals surface area contributed by atoms with Gasteiger partial charge >= 0.3 is 5.69 Å². The van der Waals surface area contributed by atoms with Crippen molar-refractivity contribution in [3.63, 3.8) is 0 Å². The van der Waals surface area contributed by atoms with E-state index in [0.29, 0.717) is 13.0 Å². The molecule has 0 fully saturated rings. The van der Waals surface area contributed by atoms with Gasteiger partial charge in [0.2, 0.25) is 0 Å². The molecule has 0 aliphatic rings. The van der Waals surface area contributed by atoms with Gasteiger partial charge in [0.25, 0.3) is 11.5 Å². The highest BCUT2D eigenvalue weighted by atomic mass is 16.2. The molecule has 3 N–H and O–H groups in total. The van der Waals surface area contributed by atoms with E-state index >= 15 is 0 Å². The second-order valence-electron chi connectivity index (χ2n) is 7.11. The molecule has 0 bridgehead atoms. The molecule has 0 atom stereocenters. The van der Waals surface area contributed by atoms with Crippen LogP contribution in [-0.2, 0) is 19.6 Å². The molecule has 3 aromatic rings. The van der Waals surface area contributed by atoms with Crippen molar-refractivity contribution in [1.82, 2.24) is 18.9 Å². The minimum Gasteiger partial charge on any atom is -0.383 e. The molecule has 3 rings (SSSR count). The summed E-state index contributed by atoms with van der Waals surface area (Å²) in [7, 11) is 0. The number of aryl methyl sites for hydroxylation is 1. The Morgan fingerprint density at radius 3 is 2.63 bits per heavy atom. The van der Waals surface area contributed by atoms with Gasteiger partial charge in [-0.25, -0.2) is 4.79 Å². The van der Waals surface area contributed by atoms with Gasteiger partial charge in [0.1, 0.15) is 11.5 Å². The number of nitrogens with two attached hydrogens (primary N) is 1. The first kappa shape index (κ1) is 21.1. The van der Waals surface area contributed by atoms with Crippen molar-refractivity contribution >= 4 is 17.4 Å². The number of carbonyl (C=O) groups is 1. The van der Waals surface area contributed by atoms with E-state index in [0.717, 1.165) is 15.7 Å². The lowest BCUT2D eigenvalue weighted by atomic mass is 10.1. The van der Waals surface area contributed by atoms with Crippen molar-refractivity contribution < 1.29 is 4.79 Å². The van der Waals surface area contributed by atoms with E-state index in [9.17, 15) is 14.4 Å². The van der Waals surface area contributed by atoms with E-state index in [-0.39, 0.29) is 30.2 Å². The van der Waals surface area contributed by atoms with Crippen molar-refractivity contribution in [3.8, 4) is 0 Å². The molecule has 0 aliphatic heterocycles. The summed E-state index contributed by atoms with van der Waals surface area (Å²) in [6.45, 7) is 6.66. The van der Waals surface area contributed by atoms with Crippen LogP contribution in [0.25, 0.3) is 0 Å². The Morgan fingerprint density at radius 1 is 1.20 bits per heavy atom. The van der Waals surface area contributed by atoms with Gasteiger partial charge in [0.15, 0.2) is 0 Å². The van der Waals surface area contributed by atoms with Gasteiger partial charge in [-0.2, -0.15) is 5.10 Å². The zero-order valence-electron chi connectivity index (χ0n) is 17.4. The van der Waals surface area contributed by atoms with Crippen LogP contribution in [0.4, 0.5) is 11.5 Å². The van der Waals surface area contributed by atoms with E-state index < -0.39 is 17.2 Å². The van der Waals surface area contributed by atoms with E-state index in [1.807, 2.05) is 38.1 Å². The first-order chi connectivity index (χ1) is 14.3. The minimum atomic E-state index is -0.607. The van der Waals surface area contributed by atoms with Crippen molar-refractivity contribution in [2.75, 3.05) is 11.1 Å². The number of nitrogen functional groups attached to an aromatic ring is 1. The molecular formula is C21H26N6O3. The van der Waals surface area contributed by atoms with Gasteiger partial charge in [-0.1, -0.05) is 36.8 Å². The molecule has 158 valence electrons. The van der Waals surface area contributed by atoms with Crippen LogP contribution >= 0.6 is 0 Å². The molecule has 2 heterocycles. The van der Waals surface area contributed by atoms with Crippen LogP contribution in [0.1, 0.15) is 41.8 Å². The number of hydrogen-bond donors (Lipinski definition) is 2. The average molecular weight is 410 g/mol. The molecular weight excluding hydrogens is 384 g/mol. The summed E-state index contributed by atoms with van der Waals surface area (Å²) >= 11 is 0. The van der Waals surface area contributed by atoms with Crippen LogP contribution in [0.2, 0.25) is 0 Å². The number of nitrogens with zero attached hydrogens (tertiary/aromatic N) is 4. The summed E-state index contributed by atoms with van der Waals surface area (Å²) in [5, 5.41) is 6.80. The van der Waals surface area contributed by atoms with Crippen LogP contribution < -0.4 is 22.3 Å². The zero-order valence-corrected chi connectivity index (χ0v) is 17.4. The smallest absolute Gasteiger partial charge is 0.332 e. The number of aromatic nitrogens is 4. The number of amides is 1. The maximum absolute atomic E-state index is 12.7.